The lowest BCUT2D eigenvalue weighted by Crippen LogP contribution is -2.50. The molecule has 2 aliphatic heterocycles. The van der Waals surface area contributed by atoms with Gasteiger partial charge in [-0.05, 0) is 51.0 Å². The number of likely N-dealkylation sites (tertiary alicyclic amines) is 1. The molecule has 2 saturated heterocycles. The lowest BCUT2D eigenvalue weighted by molar-refractivity contribution is 0.102. The second kappa shape index (κ2) is 5.50. The summed E-state index contributed by atoms with van der Waals surface area (Å²) in [5.41, 5.74) is 0. The first-order valence-electron chi connectivity index (χ1n) is 7.12. The molecule has 16 heavy (non-hydrogen) atoms. The van der Waals surface area contributed by atoms with Gasteiger partial charge in [-0.25, -0.2) is 0 Å². The van der Waals surface area contributed by atoms with Crippen LogP contribution >= 0.6 is 0 Å². The van der Waals surface area contributed by atoms with Gasteiger partial charge in [-0.15, -0.1) is 0 Å². The molecular formula is C14H28N2. The van der Waals surface area contributed by atoms with Crippen molar-refractivity contribution < 1.29 is 0 Å². The highest BCUT2D eigenvalue weighted by atomic mass is 15.2. The van der Waals surface area contributed by atoms with Gasteiger partial charge in [0.15, 0.2) is 0 Å². The fraction of sp³-hybridized carbons (Fsp3) is 1.00. The maximum absolute atomic E-state index is 3.69. The van der Waals surface area contributed by atoms with Crippen LogP contribution in [0.1, 0.15) is 46.5 Å². The van der Waals surface area contributed by atoms with E-state index in [1.54, 1.807) is 0 Å². The third-order valence-corrected chi connectivity index (χ3v) is 4.46. The zero-order valence-electron chi connectivity index (χ0n) is 11.2. The van der Waals surface area contributed by atoms with Crippen molar-refractivity contribution in [3.8, 4) is 0 Å². The standard InChI is InChI=1S/C14H28N2/c1-11-6-7-15-14(8-11)10-16-9-12(2)4-5-13(16)3/h11-15H,4-10H2,1-3H3. The summed E-state index contributed by atoms with van der Waals surface area (Å²) in [7, 11) is 0. The minimum Gasteiger partial charge on any atom is -0.313 e. The molecule has 2 nitrogen and oxygen atoms in total. The van der Waals surface area contributed by atoms with Crippen LogP contribution in [0.25, 0.3) is 0 Å². The van der Waals surface area contributed by atoms with Crippen molar-refractivity contribution in [2.45, 2.75) is 58.5 Å². The Balaban J connectivity index is 1.82. The zero-order chi connectivity index (χ0) is 11.5. The van der Waals surface area contributed by atoms with Crippen molar-refractivity contribution in [1.82, 2.24) is 10.2 Å². The Morgan fingerprint density at radius 3 is 2.62 bits per heavy atom. The molecule has 0 aliphatic carbocycles. The van der Waals surface area contributed by atoms with E-state index in [0.717, 1.165) is 23.9 Å². The van der Waals surface area contributed by atoms with E-state index in [4.69, 9.17) is 0 Å². The summed E-state index contributed by atoms with van der Waals surface area (Å²) >= 11 is 0. The predicted octanol–water partition coefficient (Wildman–Crippen LogP) is 2.49. The molecule has 0 bridgehead atoms. The van der Waals surface area contributed by atoms with E-state index < -0.39 is 0 Å². The fourth-order valence-electron chi connectivity index (χ4n) is 3.28. The molecule has 4 unspecified atom stereocenters. The topological polar surface area (TPSA) is 15.3 Å². The Bertz CT molecular complexity index is 217. The van der Waals surface area contributed by atoms with Crippen molar-refractivity contribution in [1.29, 1.82) is 0 Å². The summed E-state index contributed by atoms with van der Waals surface area (Å²) in [5, 5.41) is 3.69. The van der Waals surface area contributed by atoms with Crippen LogP contribution in [0.4, 0.5) is 0 Å². The minimum atomic E-state index is 0.747. The van der Waals surface area contributed by atoms with Crippen LogP contribution in [-0.4, -0.2) is 36.6 Å². The minimum absolute atomic E-state index is 0.747. The van der Waals surface area contributed by atoms with Crippen LogP contribution in [0.15, 0.2) is 0 Å². The largest absolute Gasteiger partial charge is 0.313 e. The molecule has 0 aromatic rings. The Hall–Kier alpha value is -0.0800. The van der Waals surface area contributed by atoms with Crippen LogP contribution in [0, 0.1) is 11.8 Å². The van der Waals surface area contributed by atoms with E-state index in [1.165, 1.54) is 45.3 Å². The van der Waals surface area contributed by atoms with Crippen LogP contribution in [-0.2, 0) is 0 Å². The Kier molecular flexibility index (Phi) is 4.26. The number of nitrogens with zero attached hydrogens (tertiary/aromatic N) is 1. The third kappa shape index (κ3) is 3.21. The van der Waals surface area contributed by atoms with Crippen molar-refractivity contribution >= 4 is 0 Å². The number of rotatable bonds is 2. The van der Waals surface area contributed by atoms with Crippen LogP contribution in [0.3, 0.4) is 0 Å². The summed E-state index contributed by atoms with van der Waals surface area (Å²) < 4.78 is 0. The molecule has 4 atom stereocenters. The fourth-order valence-corrected chi connectivity index (χ4v) is 3.28. The molecule has 0 spiro atoms. The lowest BCUT2D eigenvalue weighted by Gasteiger charge is -2.40. The second-order valence-electron chi connectivity index (χ2n) is 6.27. The molecule has 0 amide bonds. The average Bonchev–Trinajstić information content (AvgIpc) is 2.24. The van der Waals surface area contributed by atoms with E-state index >= 15 is 0 Å². The van der Waals surface area contributed by atoms with Gasteiger partial charge in [0.25, 0.3) is 0 Å². The molecule has 0 aromatic carbocycles. The van der Waals surface area contributed by atoms with Crippen molar-refractivity contribution in [2.75, 3.05) is 19.6 Å². The molecule has 2 heterocycles. The average molecular weight is 224 g/mol. The normalized spacial score (nSPS) is 42.2. The number of hydrogen-bond acceptors (Lipinski definition) is 2. The summed E-state index contributed by atoms with van der Waals surface area (Å²) in [6.45, 7) is 11.0. The molecule has 2 aliphatic rings. The van der Waals surface area contributed by atoms with Crippen molar-refractivity contribution in [3.05, 3.63) is 0 Å². The smallest absolute Gasteiger partial charge is 0.0197 e. The summed E-state index contributed by atoms with van der Waals surface area (Å²) in [6.07, 6.45) is 5.55. The molecule has 2 fully saturated rings. The van der Waals surface area contributed by atoms with E-state index in [-0.39, 0.29) is 0 Å². The highest BCUT2D eigenvalue weighted by Gasteiger charge is 2.26. The van der Waals surface area contributed by atoms with Gasteiger partial charge in [0.05, 0.1) is 0 Å². The SMILES string of the molecule is CC1CCNC(CN2CC(C)CCC2C)C1. The first-order chi connectivity index (χ1) is 7.65. The quantitative estimate of drug-likeness (QED) is 0.775. The van der Waals surface area contributed by atoms with E-state index in [9.17, 15) is 0 Å². The van der Waals surface area contributed by atoms with Crippen LogP contribution in [0.2, 0.25) is 0 Å². The molecule has 94 valence electrons. The number of piperidine rings is 2. The second-order valence-corrected chi connectivity index (χ2v) is 6.27. The maximum Gasteiger partial charge on any atom is 0.0197 e. The van der Waals surface area contributed by atoms with E-state index in [2.05, 4.69) is 31.0 Å². The van der Waals surface area contributed by atoms with Gasteiger partial charge < -0.3 is 5.32 Å². The van der Waals surface area contributed by atoms with Gasteiger partial charge in [0.2, 0.25) is 0 Å². The lowest BCUT2D eigenvalue weighted by atomic mass is 9.91. The highest BCUT2D eigenvalue weighted by molar-refractivity contribution is 4.84. The Labute approximate surface area is 101 Å². The number of hydrogen-bond donors (Lipinski definition) is 1. The Morgan fingerprint density at radius 2 is 1.88 bits per heavy atom. The molecular weight excluding hydrogens is 196 g/mol. The molecule has 1 N–H and O–H groups in total. The first-order valence-corrected chi connectivity index (χ1v) is 7.12. The van der Waals surface area contributed by atoms with Gasteiger partial charge in [0, 0.05) is 25.2 Å². The maximum atomic E-state index is 3.69. The number of nitrogens with one attached hydrogen (secondary N) is 1. The summed E-state index contributed by atoms with van der Waals surface area (Å²) in [6, 6.07) is 1.55. The van der Waals surface area contributed by atoms with Crippen LogP contribution < -0.4 is 5.32 Å². The molecule has 0 saturated carbocycles. The zero-order valence-corrected chi connectivity index (χ0v) is 11.2. The molecule has 0 radical (unpaired) electrons. The third-order valence-electron chi connectivity index (χ3n) is 4.46. The van der Waals surface area contributed by atoms with Crippen LogP contribution in [0.5, 0.6) is 0 Å². The van der Waals surface area contributed by atoms with E-state index in [0.29, 0.717) is 0 Å². The molecule has 0 aromatic heterocycles. The van der Waals surface area contributed by atoms with Gasteiger partial charge in [-0.1, -0.05) is 13.8 Å². The highest BCUT2D eigenvalue weighted by Crippen LogP contribution is 2.23. The molecule has 2 heteroatoms. The molecule has 2 rings (SSSR count). The first kappa shape index (κ1) is 12.4. The van der Waals surface area contributed by atoms with Gasteiger partial charge in [0.1, 0.15) is 0 Å². The van der Waals surface area contributed by atoms with Gasteiger partial charge in [-0.2, -0.15) is 0 Å². The van der Waals surface area contributed by atoms with Crippen molar-refractivity contribution in [3.63, 3.8) is 0 Å². The monoisotopic (exact) mass is 224 g/mol. The van der Waals surface area contributed by atoms with Gasteiger partial charge in [-0.3, -0.25) is 4.90 Å². The summed E-state index contributed by atoms with van der Waals surface area (Å²) in [5.74, 6) is 1.82. The predicted molar refractivity (Wildman–Crippen MR) is 69.6 cm³/mol. The summed E-state index contributed by atoms with van der Waals surface area (Å²) in [4.78, 5) is 2.71. The van der Waals surface area contributed by atoms with Crippen molar-refractivity contribution in [2.24, 2.45) is 11.8 Å². The Morgan fingerprint density at radius 1 is 1.06 bits per heavy atom. The van der Waals surface area contributed by atoms with Gasteiger partial charge >= 0.3 is 0 Å². The van der Waals surface area contributed by atoms with E-state index in [1.807, 2.05) is 0 Å².